The van der Waals surface area contributed by atoms with Crippen molar-refractivity contribution in [2.45, 2.75) is 13.0 Å². The lowest BCUT2D eigenvalue weighted by atomic mass is 10.2. The van der Waals surface area contributed by atoms with E-state index in [0.717, 1.165) is 0 Å². The Hall–Kier alpha value is -3.91. The minimum atomic E-state index is -0.670. The zero-order chi connectivity index (χ0) is 23.4. The van der Waals surface area contributed by atoms with E-state index in [0.29, 0.717) is 44.8 Å². The molecule has 0 saturated heterocycles. The third-order valence-electron chi connectivity index (χ3n) is 4.76. The highest BCUT2D eigenvalue weighted by atomic mass is 35.5. The van der Waals surface area contributed by atoms with E-state index < -0.39 is 6.10 Å². The first-order valence-electron chi connectivity index (χ1n) is 10.2. The molecule has 0 radical (unpaired) electrons. The summed E-state index contributed by atoms with van der Waals surface area (Å²) in [5.41, 5.74) is 1.37. The molecule has 0 aliphatic rings. The van der Waals surface area contributed by atoms with Crippen LogP contribution in [0.15, 0.2) is 67.1 Å². The smallest absolute Gasteiger partial charge is 0.262 e. The molecule has 2 aromatic heterocycles. The number of fused-ring (bicyclic) bond motifs is 1. The van der Waals surface area contributed by atoms with E-state index in [1.165, 1.54) is 11.2 Å². The van der Waals surface area contributed by atoms with E-state index in [4.69, 9.17) is 21.1 Å². The SMILES string of the molecule is C[C@@H](Oc1cccc2ncnc(Nc3ccc(Oc4ccccn4)c(Cl)c3)c12)C(=O)N(C)C. The van der Waals surface area contributed by atoms with Crippen LogP contribution in [-0.4, -0.2) is 46.0 Å². The van der Waals surface area contributed by atoms with E-state index in [1.54, 1.807) is 51.5 Å². The van der Waals surface area contributed by atoms with Crippen molar-refractivity contribution in [2.24, 2.45) is 0 Å². The summed E-state index contributed by atoms with van der Waals surface area (Å²) in [7, 11) is 3.37. The summed E-state index contributed by atoms with van der Waals surface area (Å²) >= 11 is 6.44. The number of carbonyl (C=O) groups is 1. The molecule has 0 bridgehead atoms. The van der Waals surface area contributed by atoms with Gasteiger partial charge in [0, 0.05) is 32.0 Å². The summed E-state index contributed by atoms with van der Waals surface area (Å²) in [5, 5.41) is 4.33. The molecule has 9 heteroatoms. The molecule has 0 aliphatic carbocycles. The second-order valence-electron chi connectivity index (χ2n) is 7.41. The Morgan fingerprint density at radius 2 is 1.88 bits per heavy atom. The first-order chi connectivity index (χ1) is 15.9. The van der Waals surface area contributed by atoms with Gasteiger partial charge in [-0.25, -0.2) is 15.0 Å². The van der Waals surface area contributed by atoms with Gasteiger partial charge in [0.05, 0.1) is 15.9 Å². The number of likely N-dealkylation sites (N-methyl/N-ethyl adjacent to an activating group) is 1. The Kier molecular flexibility index (Phi) is 6.55. The Balaban J connectivity index is 1.62. The molecule has 1 atom stereocenters. The van der Waals surface area contributed by atoms with Gasteiger partial charge < -0.3 is 19.7 Å². The number of pyridine rings is 1. The molecule has 33 heavy (non-hydrogen) atoms. The van der Waals surface area contributed by atoms with Crippen molar-refractivity contribution in [1.82, 2.24) is 19.9 Å². The zero-order valence-electron chi connectivity index (χ0n) is 18.3. The fourth-order valence-electron chi connectivity index (χ4n) is 3.19. The first kappa shape index (κ1) is 22.3. The first-order valence-corrected chi connectivity index (χ1v) is 10.6. The number of carbonyl (C=O) groups excluding carboxylic acids is 1. The Labute approximate surface area is 196 Å². The average molecular weight is 464 g/mol. The number of benzene rings is 2. The Morgan fingerprint density at radius 3 is 2.61 bits per heavy atom. The van der Waals surface area contributed by atoms with Crippen LogP contribution in [0.1, 0.15) is 6.92 Å². The van der Waals surface area contributed by atoms with E-state index in [2.05, 4.69) is 20.3 Å². The number of aromatic nitrogens is 3. The Morgan fingerprint density at radius 1 is 1.03 bits per heavy atom. The number of nitrogens with one attached hydrogen (secondary N) is 1. The van der Waals surface area contributed by atoms with Crippen LogP contribution in [0.2, 0.25) is 5.02 Å². The number of hydrogen-bond donors (Lipinski definition) is 1. The maximum Gasteiger partial charge on any atom is 0.262 e. The van der Waals surface area contributed by atoms with Gasteiger partial charge in [0.1, 0.15) is 23.6 Å². The maximum absolute atomic E-state index is 12.3. The van der Waals surface area contributed by atoms with Gasteiger partial charge >= 0.3 is 0 Å². The van der Waals surface area contributed by atoms with Crippen LogP contribution in [0, 0.1) is 0 Å². The zero-order valence-corrected chi connectivity index (χ0v) is 19.1. The molecular formula is C24H22ClN5O3. The van der Waals surface area contributed by atoms with E-state index in [1.807, 2.05) is 30.3 Å². The van der Waals surface area contributed by atoms with Crippen molar-refractivity contribution in [3.8, 4) is 17.4 Å². The molecule has 1 amide bonds. The molecule has 0 unspecified atom stereocenters. The summed E-state index contributed by atoms with van der Waals surface area (Å²) in [5.74, 6) is 1.81. The second kappa shape index (κ2) is 9.70. The average Bonchev–Trinajstić information content (AvgIpc) is 2.81. The molecule has 4 rings (SSSR count). The summed E-state index contributed by atoms with van der Waals surface area (Å²) in [6.45, 7) is 1.71. The maximum atomic E-state index is 12.3. The van der Waals surface area contributed by atoms with Gasteiger partial charge in [-0.2, -0.15) is 0 Å². The normalized spacial score (nSPS) is 11.6. The van der Waals surface area contributed by atoms with Crippen molar-refractivity contribution >= 4 is 39.9 Å². The standard InChI is InChI=1S/C24H22ClN5O3/c1-15(24(31)30(2)3)32-20-8-6-7-18-22(20)23(28-14-27-18)29-16-10-11-19(17(25)13-16)33-21-9-4-5-12-26-21/h4-15H,1-3H3,(H,27,28,29)/t15-/m1/s1. The molecule has 2 aromatic carbocycles. The molecule has 0 aliphatic heterocycles. The van der Waals surface area contributed by atoms with Crippen LogP contribution in [0.3, 0.4) is 0 Å². The van der Waals surface area contributed by atoms with Crippen molar-refractivity contribution in [1.29, 1.82) is 0 Å². The summed E-state index contributed by atoms with van der Waals surface area (Å²) in [6.07, 6.45) is 2.44. The van der Waals surface area contributed by atoms with Gasteiger partial charge in [-0.15, -0.1) is 0 Å². The van der Waals surface area contributed by atoms with E-state index in [9.17, 15) is 4.79 Å². The number of amides is 1. The molecule has 8 nitrogen and oxygen atoms in total. The van der Waals surface area contributed by atoms with Gasteiger partial charge in [-0.3, -0.25) is 4.79 Å². The largest absolute Gasteiger partial charge is 0.480 e. The van der Waals surface area contributed by atoms with Crippen LogP contribution >= 0.6 is 11.6 Å². The molecule has 1 N–H and O–H groups in total. The van der Waals surface area contributed by atoms with Crippen LogP contribution in [-0.2, 0) is 4.79 Å². The van der Waals surface area contributed by atoms with Crippen molar-refractivity contribution in [2.75, 3.05) is 19.4 Å². The van der Waals surface area contributed by atoms with Crippen LogP contribution in [0.4, 0.5) is 11.5 Å². The topological polar surface area (TPSA) is 89.5 Å². The molecule has 0 fully saturated rings. The lowest BCUT2D eigenvalue weighted by Crippen LogP contribution is -2.35. The molecule has 0 spiro atoms. The number of rotatable bonds is 7. The molecular weight excluding hydrogens is 442 g/mol. The van der Waals surface area contributed by atoms with E-state index >= 15 is 0 Å². The van der Waals surface area contributed by atoms with Gasteiger partial charge in [0.25, 0.3) is 5.91 Å². The van der Waals surface area contributed by atoms with Crippen molar-refractivity contribution < 1.29 is 14.3 Å². The third-order valence-corrected chi connectivity index (χ3v) is 5.06. The van der Waals surface area contributed by atoms with Crippen LogP contribution in [0.5, 0.6) is 17.4 Å². The lowest BCUT2D eigenvalue weighted by molar-refractivity contribution is -0.135. The summed E-state index contributed by atoms with van der Waals surface area (Å²) in [4.78, 5) is 26.6. The fourth-order valence-corrected chi connectivity index (χ4v) is 3.41. The molecule has 0 saturated carbocycles. The number of anilines is 2. The number of hydrogen-bond acceptors (Lipinski definition) is 7. The number of halogens is 1. The quantitative estimate of drug-likeness (QED) is 0.409. The highest BCUT2D eigenvalue weighted by molar-refractivity contribution is 6.32. The minimum absolute atomic E-state index is 0.145. The minimum Gasteiger partial charge on any atom is -0.480 e. The van der Waals surface area contributed by atoms with Crippen LogP contribution in [0.25, 0.3) is 10.9 Å². The second-order valence-corrected chi connectivity index (χ2v) is 7.81. The van der Waals surface area contributed by atoms with Gasteiger partial charge in [-0.05, 0) is 43.3 Å². The van der Waals surface area contributed by atoms with Gasteiger partial charge in [-0.1, -0.05) is 23.7 Å². The van der Waals surface area contributed by atoms with Gasteiger partial charge in [0.15, 0.2) is 6.10 Å². The third kappa shape index (κ3) is 5.12. The summed E-state index contributed by atoms with van der Waals surface area (Å²) in [6, 6.07) is 16.1. The van der Waals surface area contributed by atoms with Crippen molar-refractivity contribution in [3.63, 3.8) is 0 Å². The highest BCUT2D eigenvalue weighted by Gasteiger charge is 2.19. The van der Waals surface area contributed by atoms with Crippen molar-refractivity contribution in [3.05, 3.63) is 72.1 Å². The molecule has 168 valence electrons. The van der Waals surface area contributed by atoms with E-state index in [-0.39, 0.29) is 5.91 Å². The van der Waals surface area contributed by atoms with Crippen LogP contribution < -0.4 is 14.8 Å². The fraction of sp³-hybridized carbons (Fsp3) is 0.167. The lowest BCUT2D eigenvalue weighted by Gasteiger charge is -2.20. The summed E-state index contributed by atoms with van der Waals surface area (Å²) < 4.78 is 11.7. The predicted molar refractivity (Wildman–Crippen MR) is 127 cm³/mol. The Bertz CT molecular complexity index is 1280. The monoisotopic (exact) mass is 463 g/mol. The highest BCUT2D eigenvalue weighted by Crippen LogP contribution is 2.35. The molecule has 2 heterocycles. The van der Waals surface area contributed by atoms with Gasteiger partial charge in [0.2, 0.25) is 5.88 Å². The number of nitrogens with zero attached hydrogens (tertiary/aromatic N) is 4. The predicted octanol–water partition coefficient (Wildman–Crippen LogP) is 5.07. The molecule has 4 aromatic rings. The number of ether oxygens (including phenoxy) is 2.